The van der Waals surface area contributed by atoms with Crippen LogP contribution >= 0.6 is 0 Å². The van der Waals surface area contributed by atoms with Crippen LogP contribution in [0.15, 0.2) is 42.9 Å². The summed E-state index contributed by atoms with van der Waals surface area (Å²) in [5.41, 5.74) is 1.44. The van der Waals surface area contributed by atoms with Crippen molar-refractivity contribution in [1.82, 2.24) is 15.3 Å². The number of aromatic nitrogens is 2. The second-order valence-electron chi connectivity index (χ2n) is 3.95. The molecule has 1 N–H and O–H groups in total. The SMILES string of the molecule is COc1cccc(CCNC(=O)c2cnccn2)c1. The lowest BCUT2D eigenvalue weighted by atomic mass is 10.1. The van der Waals surface area contributed by atoms with Gasteiger partial charge in [0.15, 0.2) is 0 Å². The molecule has 0 fully saturated rings. The number of benzene rings is 1. The van der Waals surface area contributed by atoms with Gasteiger partial charge in [0.05, 0.1) is 13.3 Å². The average molecular weight is 257 g/mol. The third-order valence-corrected chi connectivity index (χ3v) is 2.63. The summed E-state index contributed by atoms with van der Waals surface area (Å²) in [4.78, 5) is 19.5. The Kier molecular flexibility index (Phi) is 4.44. The fraction of sp³-hybridized carbons (Fsp3) is 0.214. The summed E-state index contributed by atoms with van der Waals surface area (Å²) >= 11 is 0. The van der Waals surface area contributed by atoms with Crippen LogP contribution in [0.1, 0.15) is 16.1 Å². The highest BCUT2D eigenvalue weighted by Crippen LogP contribution is 2.12. The zero-order valence-corrected chi connectivity index (χ0v) is 10.7. The Bertz CT molecular complexity index is 543. The molecule has 0 bridgehead atoms. The van der Waals surface area contributed by atoms with Crippen molar-refractivity contribution in [2.24, 2.45) is 0 Å². The second kappa shape index (κ2) is 6.49. The van der Waals surface area contributed by atoms with E-state index < -0.39 is 0 Å². The number of ether oxygens (including phenoxy) is 1. The van der Waals surface area contributed by atoms with Crippen molar-refractivity contribution in [3.63, 3.8) is 0 Å². The molecule has 0 aliphatic carbocycles. The maximum Gasteiger partial charge on any atom is 0.271 e. The number of nitrogens with one attached hydrogen (secondary N) is 1. The summed E-state index contributed by atoms with van der Waals surface area (Å²) in [7, 11) is 1.63. The number of carbonyl (C=O) groups excluding carboxylic acids is 1. The Morgan fingerprint density at radius 2 is 2.26 bits per heavy atom. The third-order valence-electron chi connectivity index (χ3n) is 2.63. The Balaban J connectivity index is 1.85. The lowest BCUT2D eigenvalue weighted by Gasteiger charge is -2.06. The van der Waals surface area contributed by atoms with Crippen LogP contribution in [-0.2, 0) is 6.42 Å². The Morgan fingerprint density at radius 3 is 3.00 bits per heavy atom. The van der Waals surface area contributed by atoms with Gasteiger partial charge in [-0.1, -0.05) is 12.1 Å². The van der Waals surface area contributed by atoms with Gasteiger partial charge >= 0.3 is 0 Å². The van der Waals surface area contributed by atoms with Crippen molar-refractivity contribution in [3.05, 3.63) is 54.1 Å². The molecule has 5 heteroatoms. The van der Waals surface area contributed by atoms with Gasteiger partial charge in [-0.25, -0.2) is 4.98 Å². The summed E-state index contributed by atoms with van der Waals surface area (Å²) in [6, 6.07) is 7.77. The zero-order chi connectivity index (χ0) is 13.5. The molecule has 5 nitrogen and oxygen atoms in total. The highest BCUT2D eigenvalue weighted by atomic mass is 16.5. The third kappa shape index (κ3) is 3.77. The maximum absolute atomic E-state index is 11.7. The second-order valence-corrected chi connectivity index (χ2v) is 3.95. The lowest BCUT2D eigenvalue weighted by molar-refractivity contribution is 0.0949. The predicted molar refractivity (Wildman–Crippen MR) is 71.1 cm³/mol. The molecule has 0 aliphatic rings. The van der Waals surface area contributed by atoms with Crippen molar-refractivity contribution in [2.45, 2.75) is 6.42 Å². The monoisotopic (exact) mass is 257 g/mol. The molecular formula is C14H15N3O2. The molecule has 1 aromatic heterocycles. The van der Waals surface area contributed by atoms with Crippen LogP contribution in [0.25, 0.3) is 0 Å². The van der Waals surface area contributed by atoms with Gasteiger partial charge in [-0.05, 0) is 24.1 Å². The number of hydrogen-bond acceptors (Lipinski definition) is 4. The molecule has 2 aromatic rings. The summed E-state index contributed by atoms with van der Waals surface area (Å²) in [5, 5.41) is 2.80. The van der Waals surface area contributed by atoms with Crippen molar-refractivity contribution < 1.29 is 9.53 Å². The van der Waals surface area contributed by atoms with Gasteiger partial charge in [-0.2, -0.15) is 0 Å². The van der Waals surface area contributed by atoms with E-state index in [1.807, 2.05) is 24.3 Å². The molecule has 19 heavy (non-hydrogen) atoms. The Morgan fingerprint density at radius 1 is 1.37 bits per heavy atom. The minimum atomic E-state index is -0.212. The van der Waals surface area contributed by atoms with Crippen LogP contribution in [0.2, 0.25) is 0 Å². The topological polar surface area (TPSA) is 64.1 Å². The fourth-order valence-corrected chi connectivity index (χ4v) is 1.66. The molecule has 1 amide bonds. The lowest BCUT2D eigenvalue weighted by Crippen LogP contribution is -2.26. The van der Waals surface area contributed by atoms with Gasteiger partial charge < -0.3 is 10.1 Å². The van der Waals surface area contributed by atoms with Crippen molar-refractivity contribution in [1.29, 1.82) is 0 Å². The summed E-state index contributed by atoms with van der Waals surface area (Å²) < 4.78 is 5.15. The minimum Gasteiger partial charge on any atom is -0.497 e. The maximum atomic E-state index is 11.7. The molecule has 0 radical (unpaired) electrons. The first-order chi connectivity index (χ1) is 9.29. The van der Waals surface area contributed by atoms with Gasteiger partial charge in [0.25, 0.3) is 5.91 Å². The van der Waals surface area contributed by atoms with E-state index in [9.17, 15) is 4.79 Å². The summed E-state index contributed by atoms with van der Waals surface area (Å²) in [5.74, 6) is 0.605. The number of nitrogens with zero attached hydrogens (tertiary/aromatic N) is 2. The van der Waals surface area contributed by atoms with E-state index in [0.717, 1.165) is 17.7 Å². The van der Waals surface area contributed by atoms with Crippen LogP contribution in [0.5, 0.6) is 5.75 Å². The van der Waals surface area contributed by atoms with Gasteiger partial charge in [0.2, 0.25) is 0 Å². The van der Waals surface area contributed by atoms with Gasteiger partial charge in [0, 0.05) is 18.9 Å². The molecule has 0 aliphatic heterocycles. The minimum absolute atomic E-state index is 0.212. The first-order valence-corrected chi connectivity index (χ1v) is 5.97. The molecule has 0 saturated heterocycles. The van der Waals surface area contributed by atoms with Crippen LogP contribution in [-0.4, -0.2) is 29.5 Å². The van der Waals surface area contributed by atoms with Crippen molar-refractivity contribution >= 4 is 5.91 Å². The van der Waals surface area contributed by atoms with Crippen LogP contribution < -0.4 is 10.1 Å². The van der Waals surface area contributed by atoms with Gasteiger partial charge in [-0.15, -0.1) is 0 Å². The number of amides is 1. The number of carbonyl (C=O) groups is 1. The van der Waals surface area contributed by atoms with E-state index in [1.165, 1.54) is 18.6 Å². The highest BCUT2D eigenvalue weighted by molar-refractivity contribution is 5.91. The van der Waals surface area contributed by atoms with Crippen LogP contribution in [0, 0.1) is 0 Å². The van der Waals surface area contributed by atoms with Gasteiger partial charge in [0.1, 0.15) is 11.4 Å². The molecule has 1 heterocycles. The smallest absolute Gasteiger partial charge is 0.271 e. The zero-order valence-electron chi connectivity index (χ0n) is 10.7. The molecule has 0 spiro atoms. The largest absolute Gasteiger partial charge is 0.497 e. The molecule has 0 saturated carbocycles. The quantitative estimate of drug-likeness (QED) is 0.880. The predicted octanol–water partition coefficient (Wildman–Crippen LogP) is 1.46. The fourth-order valence-electron chi connectivity index (χ4n) is 1.66. The first-order valence-electron chi connectivity index (χ1n) is 5.97. The number of methoxy groups -OCH3 is 1. The van der Waals surface area contributed by atoms with Crippen molar-refractivity contribution in [2.75, 3.05) is 13.7 Å². The standard InChI is InChI=1S/C14H15N3O2/c1-19-12-4-2-3-11(9-12)5-6-17-14(18)13-10-15-7-8-16-13/h2-4,7-10H,5-6H2,1H3,(H,17,18). The Hall–Kier alpha value is -2.43. The van der Waals surface area contributed by atoms with Crippen LogP contribution in [0.3, 0.4) is 0 Å². The van der Waals surface area contributed by atoms with E-state index in [2.05, 4.69) is 15.3 Å². The number of hydrogen-bond donors (Lipinski definition) is 1. The van der Waals surface area contributed by atoms with E-state index in [0.29, 0.717) is 12.2 Å². The molecule has 2 rings (SSSR count). The molecule has 98 valence electrons. The van der Waals surface area contributed by atoms with Crippen molar-refractivity contribution in [3.8, 4) is 5.75 Å². The highest BCUT2D eigenvalue weighted by Gasteiger charge is 2.05. The molecule has 0 atom stereocenters. The average Bonchev–Trinajstić information content (AvgIpc) is 2.48. The van der Waals surface area contributed by atoms with Gasteiger partial charge in [-0.3, -0.25) is 9.78 Å². The normalized spacial score (nSPS) is 9.95. The Labute approximate surface area is 111 Å². The first kappa shape index (κ1) is 13.0. The van der Waals surface area contributed by atoms with E-state index in [4.69, 9.17) is 4.74 Å². The summed E-state index contributed by atoms with van der Waals surface area (Å²) in [6.07, 6.45) is 5.22. The van der Waals surface area contributed by atoms with E-state index in [1.54, 1.807) is 7.11 Å². The van der Waals surface area contributed by atoms with E-state index in [-0.39, 0.29) is 5.91 Å². The molecule has 0 unspecified atom stereocenters. The van der Waals surface area contributed by atoms with Crippen LogP contribution in [0.4, 0.5) is 0 Å². The molecular weight excluding hydrogens is 242 g/mol. The van der Waals surface area contributed by atoms with E-state index >= 15 is 0 Å². The summed E-state index contributed by atoms with van der Waals surface area (Å²) in [6.45, 7) is 0.544. The number of rotatable bonds is 5. The molecule has 1 aromatic carbocycles.